The van der Waals surface area contributed by atoms with E-state index in [-0.39, 0.29) is 0 Å². The minimum atomic E-state index is 0.321. The van der Waals surface area contributed by atoms with Crippen molar-refractivity contribution in [1.29, 1.82) is 0 Å². The lowest BCUT2D eigenvalue weighted by Crippen LogP contribution is -2.22. The fourth-order valence-corrected chi connectivity index (χ4v) is 3.52. The van der Waals surface area contributed by atoms with Gasteiger partial charge >= 0.3 is 0 Å². The van der Waals surface area contributed by atoms with Gasteiger partial charge < -0.3 is 14.6 Å². The molecule has 1 N–H and O–H groups in total. The molecule has 1 atom stereocenters. The van der Waals surface area contributed by atoms with Crippen molar-refractivity contribution in [3.63, 3.8) is 0 Å². The van der Waals surface area contributed by atoms with E-state index in [0.29, 0.717) is 12.6 Å². The number of hydrogen-bond acceptors (Lipinski definition) is 4. The summed E-state index contributed by atoms with van der Waals surface area (Å²) < 4.78 is 7.35. The Bertz CT molecular complexity index is 350. The lowest BCUT2D eigenvalue weighted by atomic mass is 10.0. The van der Waals surface area contributed by atoms with Gasteiger partial charge in [-0.3, -0.25) is 0 Å². The molecule has 18 heavy (non-hydrogen) atoms. The predicted molar refractivity (Wildman–Crippen MR) is 77.4 cm³/mol. The average Bonchev–Trinajstić information content (AvgIpc) is 2.86. The number of imidazole rings is 1. The normalized spacial score (nSPS) is 18.8. The highest BCUT2D eigenvalue weighted by atomic mass is 32.2. The third kappa shape index (κ3) is 3.65. The summed E-state index contributed by atoms with van der Waals surface area (Å²) in [7, 11) is 1.74. The number of rotatable bonds is 6. The molecule has 0 aliphatic carbocycles. The molecule has 1 aliphatic heterocycles. The molecule has 1 unspecified atom stereocenters. The van der Waals surface area contributed by atoms with Crippen molar-refractivity contribution in [2.24, 2.45) is 5.92 Å². The smallest absolute Gasteiger partial charge is 0.203 e. The molecule has 5 heteroatoms. The molecule has 0 bridgehead atoms. The molecule has 0 aromatic carbocycles. The Balaban J connectivity index is 1.86. The van der Waals surface area contributed by atoms with Gasteiger partial charge in [-0.1, -0.05) is 0 Å². The molecule has 1 aromatic heterocycles. The first-order valence-electron chi connectivity index (χ1n) is 6.64. The van der Waals surface area contributed by atoms with Crippen LogP contribution in [0.1, 0.15) is 25.8 Å². The first kappa shape index (κ1) is 13.7. The molecule has 1 fully saturated rings. The highest BCUT2D eigenvalue weighted by molar-refractivity contribution is 7.99. The highest BCUT2D eigenvalue weighted by Crippen LogP contribution is 2.23. The van der Waals surface area contributed by atoms with Crippen LogP contribution in [0.3, 0.4) is 0 Å². The van der Waals surface area contributed by atoms with E-state index in [1.807, 2.05) is 12.4 Å². The van der Waals surface area contributed by atoms with Crippen LogP contribution in [0.2, 0.25) is 0 Å². The fourth-order valence-electron chi connectivity index (χ4n) is 2.31. The summed E-state index contributed by atoms with van der Waals surface area (Å²) in [5.41, 5.74) is 0. The number of aromatic nitrogens is 2. The Kier molecular flexibility index (Phi) is 5.38. The van der Waals surface area contributed by atoms with Crippen molar-refractivity contribution in [3.05, 3.63) is 12.4 Å². The maximum Gasteiger partial charge on any atom is 0.203 e. The summed E-state index contributed by atoms with van der Waals surface area (Å²) in [5.74, 6) is 4.38. The minimum Gasteiger partial charge on any atom is -0.383 e. The van der Waals surface area contributed by atoms with Gasteiger partial charge in [0.05, 0.1) is 12.6 Å². The second-order valence-corrected chi connectivity index (χ2v) is 6.12. The first-order valence-corrected chi connectivity index (χ1v) is 7.80. The highest BCUT2D eigenvalue weighted by Gasteiger charge is 2.15. The van der Waals surface area contributed by atoms with Crippen LogP contribution in [0.15, 0.2) is 12.4 Å². The Labute approximate surface area is 114 Å². The van der Waals surface area contributed by atoms with E-state index in [0.717, 1.165) is 18.4 Å². The molecule has 102 valence electrons. The van der Waals surface area contributed by atoms with E-state index in [1.54, 1.807) is 7.11 Å². The molecule has 0 spiro atoms. The Hall–Kier alpha value is -0.680. The second kappa shape index (κ2) is 7.04. The summed E-state index contributed by atoms with van der Waals surface area (Å²) in [6, 6.07) is 0.321. The van der Waals surface area contributed by atoms with Crippen molar-refractivity contribution < 1.29 is 4.74 Å². The molecule has 2 rings (SSSR count). The quantitative estimate of drug-likeness (QED) is 0.862. The average molecular weight is 269 g/mol. The van der Waals surface area contributed by atoms with E-state index < -0.39 is 0 Å². The molecule has 0 saturated carbocycles. The van der Waals surface area contributed by atoms with E-state index >= 15 is 0 Å². The summed E-state index contributed by atoms with van der Waals surface area (Å²) in [6.07, 6.45) is 6.52. The molecule has 1 aromatic rings. The van der Waals surface area contributed by atoms with Crippen molar-refractivity contribution >= 4 is 17.7 Å². The van der Waals surface area contributed by atoms with Crippen LogP contribution in [-0.4, -0.2) is 41.3 Å². The number of nitrogens with zero attached hydrogens (tertiary/aromatic N) is 2. The lowest BCUT2D eigenvalue weighted by molar-refractivity contribution is 0.163. The molecular formula is C13H23N3OS. The van der Waals surface area contributed by atoms with Crippen LogP contribution in [0.5, 0.6) is 0 Å². The SMILES string of the molecule is COCC(C)n1ccnc1NCC1CCSCC1. The first-order chi connectivity index (χ1) is 8.81. The predicted octanol–water partition coefficient (Wildman–Crippen LogP) is 2.65. The molecule has 0 radical (unpaired) electrons. The van der Waals surface area contributed by atoms with Crippen LogP contribution in [0.25, 0.3) is 0 Å². The lowest BCUT2D eigenvalue weighted by Gasteiger charge is -2.23. The van der Waals surface area contributed by atoms with Gasteiger partial charge in [-0.15, -0.1) is 0 Å². The third-order valence-electron chi connectivity index (χ3n) is 3.44. The van der Waals surface area contributed by atoms with Gasteiger partial charge in [0.2, 0.25) is 5.95 Å². The Morgan fingerprint density at radius 1 is 1.56 bits per heavy atom. The van der Waals surface area contributed by atoms with Gasteiger partial charge in [-0.2, -0.15) is 11.8 Å². The Morgan fingerprint density at radius 3 is 3.06 bits per heavy atom. The van der Waals surface area contributed by atoms with Crippen LogP contribution in [0.4, 0.5) is 5.95 Å². The van der Waals surface area contributed by atoms with Crippen molar-refractivity contribution in [3.8, 4) is 0 Å². The molecule has 4 nitrogen and oxygen atoms in total. The summed E-state index contributed by atoms with van der Waals surface area (Å²) in [6.45, 7) is 3.90. The maximum atomic E-state index is 5.20. The summed E-state index contributed by atoms with van der Waals surface area (Å²) in [5, 5.41) is 3.49. The van der Waals surface area contributed by atoms with Crippen LogP contribution in [-0.2, 0) is 4.74 Å². The Morgan fingerprint density at radius 2 is 2.33 bits per heavy atom. The van der Waals surface area contributed by atoms with Gasteiger partial charge in [0, 0.05) is 26.0 Å². The topological polar surface area (TPSA) is 39.1 Å². The fraction of sp³-hybridized carbons (Fsp3) is 0.769. The van der Waals surface area contributed by atoms with E-state index in [2.05, 4.69) is 33.6 Å². The number of hydrogen-bond donors (Lipinski definition) is 1. The van der Waals surface area contributed by atoms with Gasteiger partial charge in [0.1, 0.15) is 0 Å². The van der Waals surface area contributed by atoms with Crippen molar-refractivity contribution in [2.75, 3.05) is 37.1 Å². The maximum absolute atomic E-state index is 5.20. The van der Waals surface area contributed by atoms with Crippen LogP contribution >= 0.6 is 11.8 Å². The van der Waals surface area contributed by atoms with Gasteiger partial charge in [-0.05, 0) is 37.2 Å². The number of thioether (sulfide) groups is 1. The standard InChI is InChI=1S/C13H23N3OS/c1-11(10-17-2)16-6-5-14-13(16)15-9-12-3-7-18-8-4-12/h5-6,11-12H,3-4,7-10H2,1-2H3,(H,14,15). The summed E-state index contributed by atoms with van der Waals surface area (Å²) >= 11 is 2.07. The molecule has 0 amide bonds. The molecule has 2 heterocycles. The van der Waals surface area contributed by atoms with Crippen LogP contribution in [0, 0.1) is 5.92 Å². The van der Waals surface area contributed by atoms with Crippen molar-refractivity contribution in [1.82, 2.24) is 9.55 Å². The zero-order valence-corrected chi connectivity index (χ0v) is 12.1. The van der Waals surface area contributed by atoms with E-state index in [4.69, 9.17) is 4.74 Å². The van der Waals surface area contributed by atoms with Gasteiger partial charge in [-0.25, -0.2) is 4.98 Å². The van der Waals surface area contributed by atoms with E-state index in [1.165, 1.54) is 24.3 Å². The van der Waals surface area contributed by atoms with Gasteiger partial charge in [0.25, 0.3) is 0 Å². The molecule has 1 saturated heterocycles. The van der Waals surface area contributed by atoms with Crippen molar-refractivity contribution in [2.45, 2.75) is 25.8 Å². The zero-order chi connectivity index (χ0) is 12.8. The largest absolute Gasteiger partial charge is 0.383 e. The number of nitrogens with one attached hydrogen (secondary N) is 1. The summed E-state index contributed by atoms with van der Waals surface area (Å²) in [4.78, 5) is 4.40. The number of methoxy groups -OCH3 is 1. The van der Waals surface area contributed by atoms with Gasteiger partial charge in [0.15, 0.2) is 0 Å². The molecule has 1 aliphatic rings. The minimum absolute atomic E-state index is 0.321. The monoisotopic (exact) mass is 269 g/mol. The second-order valence-electron chi connectivity index (χ2n) is 4.90. The third-order valence-corrected chi connectivity index (χ3v) is 4.49. The molecular weight excluding hydrogens is 246 g/mol. The number of ether oxygens (including phenoxy) is 1. The van der Waals surface area contributed by atoms with Crippen LogP contribution < -0.4 is 5.32 Å². The zero-order valence-electron chi connectivity index (χ0n) is 11.3. The van der Waals surface area contributed by atoms with E-state index in [9.17, 15) is 0 Å². The number of anilines is 1.